The molecule has 22 heavy (non-hydrogen) atoms. The highest BCUT2D eigenvalue weighted by Gasteiger charge is 2.18. The molecule has 0 aliphatic carbocycles. The summed E-state index contributed by atoms with van der Waals surface area (Å²) in [6.45, 7) is 3.82. The Balaban J connectivity index is 2.25. The number of pyridine rings is 1. The first-order valence-corrected chi connectivity index (χ1v) is 7.09. The highest BCUT2D eigenvalue weighted by Crippen LogP contribution is 2.14. The van der Waals surface area contributed by atoms with Crippen LogP contribution in [0.2, 0.25) is 0 Å². The molecule has 1 N–H and O–H groups in total. The smallest absolute Gasteiger partial charge is 0.255 e. The van der Waals surface area contributed by atoms with Gasteiger partial charge in [-0.05, 0) is 31.5 Å². The average molecular weight is 302 g/mol. The third-order valence-electron chi connectivity index (χ3n) is 3.56. The molecule has 0 unspecified atom stereocenters. The zero-order valence-corrected chi connectivity index (χ0v) is 12.7. The first-order valence-electron chi connectivity index (χ1n) is 7.09. The number of nitrogens with zero attached hydrogens (tertiary/aromatic N) is 2. The maximum atomic E-state index is 13.8. The van der Waals surface area contributed by atoms with E-state index in [0.29, 0.717) is 11.1 Å². The predicted molar refractivity (Wildman–Crippen MR) is 81.9 cm³/mol. The van der Waals surface area contributed by atoms with Crippen LogP contribution in [0.3, 0.4) is 0 Å². The molecular formula is C17H19FN2O2. The van der Waals surface area contributed by atoms with Crippen molar-refractivity contribution in [2.45, 2.75) is 20.4 Å². The molecule has 5 heteroatoms. The number of carbonyl (C=O) groups excluding carboxylic acids is 1. The number of hydrogen-bond donors (Lipinski definition) is 1. The Morgan fingerprint density at radius 3 is 2.68 bits per heavy atom. The van der Waals surface area contributed by atoms with Gasteiger partial charge >= 0.3 is 0 Å². The molecule has 4 nitrogen and oxygen atoms in total. The van der Waals surface area contributed by atoms with Crippen LogP contribution in [0, 0.1) is 19.7 Å². The summed E-state index contributed by atoms with van der Waals surface area (Å²) in [6, 6.07) is 8.07. The second kappa shape index (κ2) is 7.13. The van der Waals surface area contributed by atoms with Gasteiger partial charge in [-0.25, -0.2) is 4.39 Å². The summed E-state index contributed by atoms with van der Waals surface area (Å²) < 4.78 is 13.8. The summed E-state index contributed by atoms with van der Waals surface area (Å²) in [5, 5.41) is 9.18. The Bertz CT molecular complexity index is 673. The lowest BCUT2D eigenvalue weighted by Crippen LogP contribution is -2.33. The van der Waals surface area contributed by atoms with E-state index in [-0.39, 0.29) is 31.4 Å². The van der Waals surface area contributed by atoms with E-state index in [1.54, 1.807) is 24.3 Å². The van der Waals surface area contributed by atoms with Crippen molar-refractivity contribution in [2.75, 3.05) is 13.2 Å². The largest absolute Gasteiger partial charge is 0.395 e. The van der Waals surface area contributed by atoms with E-state index in [1.807, 2.05) is 13.8 Å². The minimum Gasteiger partial charge on any atom is -0.395 e. The molecule has 2 aromatic rings. The SMILES string of the molecule is Cc1cc(C(=O)N(CCO)Cc2ccccc2F)cnc1C. The van der Waals surface area contributed by atoms with Crippen LogP contribution in [-0.4, -0.2) is 34.0 Å². The Morgan fingerprint density at radius 1 is 1.32 bits per heavy atom. The Morgan fingerprint density at radius 2 is 2.05 bits per heavy atom. The summed E-state index contributed by atoms with van der Waals surface area (Å²) in [5.74, 6) is -0.635. The molecule has 0 atom stereocenters. The highest BCUT2D eigenvalue weighted by molar-refractivity contribution is 5.94. The van der Waals surface area contributed by atoms with Crippen LogP contribution in [-0.2, 0) is 6.54 Å². The van der Waals surface area contributed by atoms with Gasteiger partial charge in [0.25, 0.3) is 5.91 Å². The fourth-order valence-electron chi connectivity index (χ4n) is 2.15. The topological polar surface area (TPSA) is 53.4 Å². The van der Waals surface area contributed by atoms with Crippen LogP contribution < -0.4 is 0 Å². The van der Waals surface area contributed by atoms with E-state index in [1.165, 1.54) is 17.2 Å². The van der Waals surface area contributed by atoms with Gasteiger partial charge in [-0.1, -0.05) is 18.2 Å². The molecule has 1 aromatic heterocycles. The van der Waals surface area contributed by atoms with Crippen LogP contribution in [0.25, 0.3) is 0 Å². The van der Waals surface area contributed by atoms with Crippen molar-refractivity contribution in [3.8, 4) is 0 Å². The summed E-state index contributed by atoms with van der Waals surface area (Å²) in [4.78, 5) is 18.2. The van der Waals surface area contributed by atoms with Gasteiger partial charge < -0.3 is 10.0 Å². The average Bonchev–Trinajstić information content (AvgIpc) is 2.51. The molecule has 1 amide bonds. The third-order valence-corrected chi connectivity index (χ3v) is 3.56. The number of hydrogen-bond acceptors (Lipinski definition) is 3. The molecule has 1 heterocycles. The predicted octanol–water partition coefficient (Wildman–Crippen LogP) is 2.47. The van der Waals surface area contributed by atoms with Crippen LogP contribution in [0.5, 0.6) is 0 Å². The molecule has 116 valence electrons. The van der Waals surface area contributed by atoms with Crippen molar-refractivity contribution < 1.29 is 14.3 Å². The summed E-state index contributed by atoms with van der Waals surface area (Å²) in [5.41, 5.74) is 2.63. The summed E-state index contributed by atoms with van der Waals surface area (Å²) >= 11 is 0. The normalized spacial score (nSPS) is 10.5. The fourth-order valence-corrected chi connectivity index (χ4v) is 2.15. The number of aromatic nitrogens is 1. The van der Waals surface area contributed by atoms with E-state index in [9.17, 15) is 14.3 Å². The Hall–Kier alpha value is -2.27. The molecule has 0 spiro atoms. The van der Waals surface area contributed by atoms with Gasteiger partial charge in [0.2, 0.25) is 0 Å². The van der Waals surface area contributed by atoms with E-state index in [2.05, 4.69) is 4.98 Å². The third kappa shape index (κ3) is 3.68. The van der Waals surface area contributed by atoms with Gasteiger partial charge in [-0.15, -0.1) is 0 Å². The lowest BCUT2D eigenvalue weighted by atomic mass is 10.1. The summed E-state index contributed by atoms with van der Waals surface area (Å²) in [7, 11) is 0. The van der Waals surface area contributed by atoms with Crippen molar-refractivity contribution in [1.82, 2.24) is 9.88 Å². The van der Waals surface area contributed by atoms with Crippen molar-refractivity contribution in [3.05, 3.63) is 64.7 Å². The zero-order valence-electron chi connectivity index (χ0n) is 12.7. The molecule has 1 aromatic carbocycles. The second-order valence-electron chi connectivity index (χ2n) is 5.17. The second-order valence-corrected chi connectivity index (χ2v) is 5.17. The van der Waals surface area contributed by atoms with Crippen LogP contribution in [0.15, 0.2) is 36.5 Å². The standard InChI is InChI=1S/C17H19FN2O2/c1-12-9-15(10-19-13(12)2)17(22)20(7-8-21)11-14-5-3-4-6-16(14)18/h3-6,9-10,21H,7-8,11H2,1-2H3. The lowest BCUT2D eigenvalue weighted by molar-refractivity contribution is 0.0705. The van der Waals surface area contributed by atoms with E-state index >= 15 is 0 Å². The first kappa shape index (κ1) is 16.1. The number of rotatable bonds is 5. The monoisotopic (exact) mass is 302 g/mol. The molecule has 2 rings (SSSR count). The fraction of sp³-hybridized carbons (Fsp3) is 0.294. The molecule has 0 fully saturated rings. The quantitative estimate of drug-likeness (QED) is 0.923. The molecule has 0 radical (unpaired) electrons. The van der Waals surface area contributed by atoms with Gasteiger partial charge in [-0.3, -0.25) is 9.78 Å². The maximum Gasteiger partial charge on any atom is 0.255 e. The number of amides is 1. The number of aryl methyl sites for hydroxylation is 2. The zero-order chi connectivity index (χ0) is 16.1. The number of aliphatic hydroxyl groups excluding tert-OH is 1. The highest BCUT2D eigenvalue weighted by atomic mass is 19.1. The lowest BCUT2D eigenvalue weighted by Gasteiger charge is -2.22. The molecule has 0 aliphatic heterocycles. The van der Waals surface area contributed by atoms with Crippen LogP contribution >= 0.6 is 0 Å². The Labute approximate surface area is 129 Å². The number of aliphatic hydroxyl groups is 1. The minimum absolute atomic E-state index is 0.110. The van der Waals surface area contributed by atoms with Gasteiger partial charge in [-0.2, -0.15) is 0 Å². The molecule has 0 saturated heterocycles. The van der Waals surface area contributed by atoms with E-state index < -0.39 is 0 Å². The number of halogens is 1. The first-order chi connectivity index (χ1) is 10.5. The summed E-state index contributed by atoms with van der Waals surface area (Å²) in [6.07, 6.45) is 1.51. The van der Waals surface area contributed by atoms with Gasteiger partial charge in [0.05, 0.1) is 12.2 Å². The van der Waals surface area contributed by atoms with Crippen molar-refractivity contribution in [1.29, 1.82) is 0 Å². The maximum absolute atomic E-state index is 13.8. The van der Waals surface area contributed by atoms with Crippen molar-refractivity contribution >= 4 is 5.91 Å². The molecule has 0 bridgehead atoms. The molecule has 0 aliphatic rings. The van der Waals surface area contributed by atoms with Crippen LogP contribution in [0.4, 0.5) is 4.39 Å². The molecule has 0 saturated carbocycles. The van der Waals surface area contributed by atoms with Gasteiger partial charge in [0.15, 0.2) is 0 Å². The number of benzene rings is 1. The Kier molecular flexibility index (Phi) is 5.22. The van der Waals surface area contributed by atoms with E-state index in [0.717, 1.165) is 11.3 Å². The number of carbonyl (C=O) groups is 1. The van der Waals surface area contributed by atoms with Gasteiger partial charge in [0.1, 0.15) is 5.82 Å². The van der Waals surface area contributed by atoms with Crippen molar-refractivity contribution in [3.63, 3.8) is 0 Å². The molecular weight excluding hydrogens is 283 g/mol. The van der Waals surface area contributed by atoms with Crippen molar-refractivity contribution in [2.24, 2.45) is 0 Å². The van der Waals surface area contributed by atoms with Gasteiger partial charge in [0, 0.05) is 30.5 Å². The van der Waals surface area contributed by atoms with Crippen LogP contribution in [0.1, 0.15) is 27.2 Å². The minimum atomic E-state index is -0.364. The van der Waals surface area contributed by atoms with E-state index in [4.69, 9.17) is 0 Å².